The van der Waals surface area contributed by atoms with Crippen LogP contribution in [0.4, 0.5) is 0 Å². The number of rotatable bonds is 7. The molecule has 1 aromatic heterocycles. The van der Waals surface area contributed by atoms with Crippen LogP contribution >= 0.6 is 0 Å². The number of hydrogen-bond donors (Lipinski definition) is 3. The predicted octanol–water partition coefficient (Wildman–Crippen LogP) is 0.869. The predicted molar refractivity (Wildman–Crippen MR) is 106 cm³/mol. The number of hydrogen-bond acceptors (Lipinski definition) is 6. The number of carbonyl (C=O) groups excluding carboxylic acids is 2. The van der Waals surface area contributed by atoms with Gasteiger partial charge < -0.3 is 29.2 Å². The first-order chi connectivity index (χ1) is 14.6. The molecule has 0 aliphatic carbocycles. The molecular weight excluding hydrogens is 388 g/mol. The maximum atomic E-state index is 13.0. The van der Waals surface area contributed by atoms with E-state index in [-0.39, 0.29) is 17.1 Å². The van der Waals surface area contributed by atoms with Crippen molar-refractivity contribution < 1.29 is 33.9 Å². The molecule has 30 heavy (non-hydrogen) atoms. The summed E-state index contributed by atoms with van der Waals surface area (Å²) in [6, 6.07) is 8.68. The maximum absolute atomic E-state index is 13.0. The molecule has 1 saturated heterocycles. The van der Waals surface area contributed by atoms with E-state index in [1.54, 1.807) is 18.2 Å². The lowest BCUT2D eigenvalue weighted by atomic mass is 9.95. The van der Waals surface area contributed by atoms with Crippen molar-refractivity contribution in [3.8, 4) is 5.75 Å². The molecule has 3 N–H and O–H groups in total. The van der Waals surface area contributed by atoms with Gasteiger partial charge in [0.2, 0.25) is 5.78 Å². The fraction of sp³-hybridized carbons (Fsp3) is 0.364. The smallest absolute Gasteiger partial charge is 0.290 e. The number of Topliss-reactive ketones (excluding diaryl/α,β-unsaturated/α-hetero) is 1. The fourth-order valence-corrected chi connectivity index (χ4v) is 4.11. The minimum absolute atomic E-state index is 0.0221. The van der Waals surface area contributed by atoms with Gasteiger partial charge in [0.05, 0.1) is 37.6 Å². The second kappa shape index (κ2) is 8.73. The standard InChI is InChI=1S/C22H24N2O6/c25-16-5-1-4-15(14-16)19-18(20(26)17-6-2-11-30-17)21(27)22(28)24(19)8-3-7-23-9-12-29-13-10-23/h1-2,4-6,11,14,19,25,27H,3,7-10,12-13H2/p+1/t19-/m1/s1. The molecule has 8 nitrogen and oxygen atoms in total. The molecule has 1 atom stereocenters. The highest BCUT2D eigenvalue weighted by atomic mass is 16.5. The van der Waals surface area contributed by atoms with E-state index in [0.29, 0.717) is 18.5 Å². The van der Waals surface area contributed by atoms with Gasteiger partial charge in [-0.2, -0.15) is 0 Å². The third kappa shape index (κ3) is 3.96. The number of aliphatic hydroxyl groups is 1. The Morgan fingerprint density at radius 2 is 1.97 bits per heavy atom. The van der Waals surface area contributed by atoms with Crippen LogP contribution in [0.15, 0.2) is 58.4 Å². The van der Waals surface area contributed by atoms with Gasteiger partial charge in [0.1, 0.15) is 18.8 Å². The lowest BCUT2D eigenvalue weighted by Gasteiger charge is -2.28. The molecular formula is C22H25N2O6+. The Morgan fingerprint density at radius 3 is 2.67 bits per heavy atom. The van der Waals surface area contributed by atoms with Crippen molar-refractivity contribution in [1.82, 2.24) is 4.90 Å². The van der Waals surface area contributed by atoms with Gasteiger partial charge >= 0.3 is 0 Å². The molecule has 2 aliphatic heterocycles. The highest BCUT2D eigenvalue weighted by molar-refractivity contribution is 6.15. The minimum atomic E-state index is -0.790. The summed E-state index contributed by atoms with van der Waals surface area (Å²) in [6.07, 6.45) is 2.08. The Morgan fingerprint density at radius 1 is 1.17 bits per heavy atom. The number of ketones is 1. The maximum Gasteiger partial charge on any atom is 0.290 e. The molecule has 4 rings (SSSR count). The number of quaternary nitrogens is 1. The van der Waals surface area contributed by atoms with Gasteiger partial charge in [-0.15, -0.1) is 0 Å². The number of morpholine rings is 1. The third-order valence-corrected chi connectivity index (χ3v) is 5.61. The van der Waals surface area contributed by atoms with Gasteiger partial charge in [-0.1, -0.05) is 12.1 Å². The van der Waals surface area contributed by atoms with E-state index >= 15 is 0 Å². The number of benzene rings is 1. The third-order valence-electron chi connectivity index (χ3n) is 5.61. The molecule has 0 saturated carbocycles. The van der Waals surface area contributed by atoms with Crippen molar-refractivity contribution in [2.24, 2.45) is 0 Å². The van der Waals surface area contributed by atoms with Crippen LogP contribution in [0.5, 0.6) is 5.75 Å². The monoisotopic (exact) mass is 413 g/mol. The summed E-state index contributed by atoms with van der Waals surface area (Å²) in [5.74, 6) is -1.62. The number of carbonyl (C=O) groups is 2. The van der Waals surface area contributed by atoms with Crippen molar-refractivity contribution >= 4 is 11.7 Å². The Hall–Kier alpha value is -3.10. The van der Waals surface area contributed by atoms with Crippen molar-refractivity contribution in [3.05, 3.63) is 65.3 Å². The molecule has 3 heterocycles. The zero-order valence-corrected chi connectivity index (χ0v) is 16.5. The van der Waals surface area contributed by atoms with Crippen LogP contribution < -0.4 is 4.90 Å². The van der Waals surface area contributed by atoms with Crippen LogP contribution in [0.2, 0.25) is 0 Å². The fourth-order valence-electron chi connectivity index (χ4n) is 4.11. The van der Waals surface area contributed by atoms with E-state index < -0.39 is 23.5 Å². The molecule has 1 amide bonds. The summed E-state index contributed by atoms with van der Waals surface area (Å²) in [7, 11) is 0. The van der Waals surface area contributed by atoms with Crippen molar-refractivity contribution in [2.45, 2.75) is 12.5 Å². The highest BCUT2D eigenvalue weighted by Gasteiger charge is 2.44. The SMILES string of the molecule is O=C(C1=C(O)C(=O)N(CCC[NH+]2CCOCC2)[C@@H]1c1cccc(O)c1)c1ccco1. The first-order valence-electron chi connectivity index (χ1n) is 10.1. The number of phenols is 1. The van der Waals surface area contributed by atoms with Crippen LogP contribution in [0.25, 0.3) is 0 Å². The van der Waals surface area contributed by atoms with Gasteiger partial charge in [0.15, 0.2) is 11.5 Å². The van der Waals surface area contributed by atoms with Crippen LogP contribution in [0.1, 0.15) is 28.6 Å². The highest BCUT2D eigenvalue weighted by Crippen LogP contribution is 2.39. The topological polar surface area (TPSA) is 105 Å². The van der Waals surface area contributed by atoms with E-state index in [1.807, 2.05) is 0 Å². The molecule has 1 aromatic carbocycles. The van der Waals surface area contributed by atoms with Crippen LogP contribution in [-0.2, 0) is 9.53 Å². The summed E-state index contributed by atoms with van der Waals surface area (Å²) >= 11 is 0. The molecule has 0 bridgehead atoms. The van der Waals surface area contributed by atoms with E-state index in [1.165, 1.54) is 34.3 Å². The first kappa shape index (κ1) is 20.2. The molecule has 2 aromatic rings. The molecule has 0 radical (unpaired) electrons. The lowest BCUT2D eigenvalue weighted by molar-refractivity contribution is -0.908. The van der Waals surface area contributed by atoms with Gasteiger partial charge in [0.25, 0.3) is 5.91 Å². The van der Waals surface area contributed by atoms with E-state index in [2.05, 4.69) is 0 Å². The van der Waals surface area contributed by atoms with E-state index in [4.69, 9.17) is 9.15 Å². The van der Waals surface area contributed by atoms with Gasteiger partial charge in [0, 0.05) is 13.0 Å². The van der Waals surface area contributed by atoms with Gasteiger partial charge in [-0.05, 0) is 29.8 Å². The average Bonchev–Trinajstić information content (AvgIpc) is 3.37. The van der Waals surface area contributed by atoms with Crippen LogP contribution in [0.3, 0.4) is 0 Å². The number of nitrogens with one attached hydrogen (secondary N) is 1. The Balaban J connectivity index is 1.60. The normalized spacial score (nSPS) is 20.2. The summed E-state index contributed by atoms with van der Waals surface area (Å²) in [6.45, 7) is 4.55. The Kier molecular flexibility index (Phi) is 5.87. The summed E-state index contributed by atoms with van der Waals surface area (Å²) < 4.78 is 10.6. The second-order valence-corrected chi connectivity index (χ2v) is 7.53. The van der Waals surface area contributed by atoms with E-state index in [9.17, 15) is 19.8 Å². The number of amides is 1. The number of furan rings is 1. The van der Waals surface area contributed by atoms with Crippen molar-refractivity contribution in [3.63, 3.8) is 0 Å². The number of ether oxygens (including phenoxy) is 1. The number of nitrogens with zero attached hydrogens (tertiary/aromatic N) is 1. The first-order valence-corrected chi connectivity index (χ1v) is 10.1. The average molecular weight is 413 g/mol. The Labute approximate surface area is 174 Å². The Bertz CT molecular complexity index is 946. The van der Waals surface area contributed by atoms with Crippen molar-refractivity contribution in [2.75, 3.05) is 39.4 Å². The molecule has 0 spiro atoms. The van der Waals surface area contributed by atoms with Crippen molar-refractivity contribution in [1.29, 1.82) is 0 Å². The van der Waals surface area contributed by atoms with E-state index in [0.717, 1.165) is 32.8 Å². The van der Waals surface area contributed by atoms with Crippen LogP contribution in [-0.4, -0.2) is 66.2 Å². The van der Waals surface area contributed by atoms with Crippen LogP contribution in [0, 0.1) is 0 Å². The summed E-state index contributed by atoms with van der Waals surface area (Å²) in [5.41, 5.74) is 0.528. The zero-order chi connectivity index (χ0) is 21.1. The summed E-state index contributed by atoms with van der Waals surface area (Å²) in [4.78, 5) is 28.8. The number of aliphatic hydroxyl groups excluding tert-OH is 1. The number of phenolic OH excluding ortho intramolecular Hbond substituents is 1. The molecule has 1 fully saturated rings. The molecule has 8 heteroatoms. The van der Waals surface area contributed by atoms with Gasteiger partial charge in [-0.3, -0.25) is 9.59 Å². The molecule has 0 unspecified atom stereocenters. The quantitative estimate of drug-likeness (QED) is 0.582. The lowest BCUT2D eigenvalue weighted by Crippen LogP contribution is -3.14. The minimum Gasteiger partial charge on any atom is -0.508 e. The summed E-state index contributed by atoms with van der Waals surface area (Å²) in [5, 5.41) is 20.5. The van der Waals surface area contributed by atoms with Gasteiger partial charge in [-0.25, -0.2) is 0 Å². The zero-order valence-electron chi connectivity index (χ0n) is 16.5. The molecule has 2 aliphatic rings. The second-order valence-electron chi connectivity index (χ2n) is 7.53. The number of aromatic hydroxyl groups is 1. The molecule has 158 valence electrons. The largest absolute Gasteiger partial charge is 0.508 e.